The average Bonchev–Trinajstić information content (AvgIpc) is 3.28. The van der Waals surface area contributed by atoms with E-state index in [0.29, 0.717) is 6.54 Å². The Hall–Kier alpha value is -2.49. The van der Waals surface area contributed by atoms with Gasteiger partial charge in [-0.3, -0.25) is 0 Å². The summed E-state index contributed by atoms with van der Waals surface area (Å²) in [6.07, 6.45) is 3.72. The van der Waals surface area contributed by atoms with Crippen LogP contribution in [0.1, 0.15) is 50.0 Å². The van der Waals surface area contributed by atoms with Crippen LogP contribution >= 0.6 is 0 Å². The maximum absolute atomic E-state index is 5.42. The number of aliphatic imine (C=N–C) groups is 1. The third-order valence-corrected chi connectivity index (χ3v) is 5.08. The van der Waals surface area contributed by atoms with Crippen molar-refractivity contribution in [2.24, 2.45) is 12.0 Å². The predicted octanol–water partition coefficient (Wildman–Crippen LogP) is 0.754. The molecular weight excluding hydrogens is 370 g/mol. The molecule has 0 aliphatic carbocycles. The molecule has 1 aliphatic rings. The molecular formula is C19H33N9O. The topological polar surface area (TPSA) is 107 Å². The number of ether oxygens (including phenoxy) is 1. The van der Waals surface area contributed by atoms with E-state index in [0.717, 1.165) is 81.2 Å². The van der Waals surface area contributed by atoms with Gasteiger partial charge in [0.05, 0.1) is 6.54 Å². The molecule has 3 rings (SSSR count). The van der Waals surface area contributed by atoms with Crippen LogP contribution in [0.4, 0.5) is 0 Å². The number of aromatic nitrogens is 6. The van der Waals surface area contributed by atoms with Crippen molar-refractivity contribution < 1.29 is 4.74 Å². The molecule has 0 spiro atoms. The molecule has 29 heavy (non-hydrogen) atoms. The number of hydrogen-bond acceptors (Lipinski definition) is 6. The minimum atomic E-state index is 0.258. The molecule has 0 saturated heterocycles. The summed E-state index contributed by atoms with van der Waals surface area (Å²) in [6, 6.07) is 0.258. The summed E-state index contributed by atoms with van der Waals surface area (Å²) in [7, 11) is 1.96. The fraction of sp³-hybridized carbons (Fsp3) is 0.737. The first kappa shape index (κ1) is 21.2. The van der Waals surface area contributed by atoms with Crippen LogP contribution in [-0.2, 0) is 37.7 Å². The molecule has 0 radical (unpaired) electrons. The average molecular weight is 404 g/mol. The molecule has 2 aromatic rings. The minimum absolute atomic E-state index is 0.258. The van der Waals surface area contributed by atoms with Crippen molar-refractivity contribution in [3.8, 4) is 0 Å². The first-order valence-electron chi connectivity index (χ1n) is 10.5. The van der Waals surface area contributed by atoms with Crippen LogP contribution in [0.2, 0.25) is 0 Å². The maximum atomic E-state index is 5.42. The van der Waals surface area contributed by atoms with Gasteiger partial charge in [0.15, 0.2) is 17.6 Å². The largest absolute Gasteiger partial charge is 0.382 e. The van der Waals surface area contributed by atoms with Crippen molar-refractivity contribution in [2.45, 2.75) is 65.6 Å². The standard InChI is InChI=1S/C19H33N9O/c1-5-16-23-17-9-8-15(13-28(17)26-16)22-19(20-10-7-11-29-6-2)21-12-18-25-24-14(3)27(18)4/h15H,5-13H2,1-4H3,(H2,20,21,22). The zero-order chi connectivity index (χ0) is 20.6. The number of nitrogens with one attached hydrogen (secondary N) is 2. The number of guanidine groups is 1. The third-order valence-electron chi connectivity index (χ3n) is 5.08. The molecule has 3 heterocycles. The van der Waals surface area contributed by atoms with Gasteiger partial charge in [-0.2, -0.15) is 5.10 Å². The van der Waals surface area contributed by atoms with Gasteiger partial charge in [0.25, 0.3) is 0 Å². The Morgan fingerprint density at radius 2 is 2.17 bits per heavy atom. The van der Waals surface area contributed by atoms with Gasteiger partial charge in [0.2, 0.25) is 0 Å². The van der Waals surface area contributed by atoms with E-state index in [4.69, 9.17) is 9.73 Å². The first-order chi connectivity index (χ1) is 14.1. The Morgan fingerprint density at radius 1 is 1.31 bits per heavy atom. The Bertz CT molecular complexity index is 811. The SMILES string of the molecule is CCOCCCNC(=NCc1nnc(C)n1C)NC1CCc2nc(CC)nn2C1. The van der Waals surface area contributed by atoms with Crippen molar-refractivity contribution in [1.29, 1.82) is 0 Å². The van der Waals surface area contributed by atoms with Gasteiger partial charge in [-0.1, -0.05) is 6.92 Å². The van der Waals surface area contributed by atoms with E-state index in [1.54, 1.807) is 0 Å². The van der Waals surface area contributed by atoms with Gasteiger partial charge in [-0.05, 0) is 26.7 Å². The summed E-state index contributed by atoms with van der Waals surface area (Å²) in [5.74, 6) is 4.50. The molecule has 0 amide bonds. The lowest BCUT2D eigenvalue weighted by Crippen LogP contribution is -2.47. The lowest BCUT2D eigenvalue weighted by molar-refractivity contribution is 0.145. The van der Waals surface area contributed by atoms with E-state index in [1.807, 2.05) is 30.1 Å². The summed E-state index contributed by atoms with van der Waals surface area (Å²) in [5.41, 5.74) is 0. The van der Waals surface area contributed by atoms with Gasteiger partial charge >= 0.3 is 0 Å². The van der Waals surface area contributed by atoms with E-state index in [-0.39, 0.29) is 6.04 Å². The van der Waals surface area contributed by atoms with Crippen molar-refractivity contribution in [3.05, 3.63) is 23.3 Å². The summed E-state index contributed by atoms with van der Waals surface area (Å²) in [6.45, 7) is 9.58. The van der Waals surface area contributed by atoms with Crippen LogP contribution in [0.25, 0.3) is 0 Å². The summed E-state index contributed by atoms with van der Waals surface area (Å²) in [4.78, 5) is 9.34. The summed E-state index contributed by atoms with van der Waals surface area (Å²) >= 11 is 0. The maximum Gasteiger partial charge on any atom is 0.191 e. The number of hydrogen-bond donors (Lipinski definition) is 2. The molecule has 1 atom stereocenters. The normalized spacial score (nSPS) is 16.7. The highest BCUT2D eigenvalue weighted by molar-refractivity contribution is 5.80. The van der Waals surface area contributed by atoms with Gasteiger partial charge < -0.3 is 19.9 Å². The number of fused-ring (bicyclic) bond motifs is 1. The first-order valence-corrected chi connectivity index (χ1v) is 10.5. The van der Waals surface area contributed by atoms with Gasteiger partial charge in [-0.25, -0.2) is 14.7 Å². The number of aryl methyl sites for hydroxylation is 3. The Kier molecular flexibility index (Phi) is 7.56. The monoisotopic (exact) mass is 403 g/mol. The van der Waals surface area contributed by atoms with Crippen LogP contribution < -0.4 is 10.6 Å². The molecule has 10 heteroatoms. The highest BCUT2D eigenvalue weighted by atomic mass is 16.5. The molecule has 160 valence electrons. The molecule has 2 aromatic heterocycles. The van der Waals surface area contributed by atoms with Crippen LogP contribution in [0.3, 0.4) is 0 Å². The second-order valence-electron chi connectivity index (χ2n) is 7.22. The summed E-state index contributed by atoms with van der Waals surface area (Å²) < 4.78 is 9.41. The van der Waals surface area contributed by atoms with Crippen molar-refractivity contribution >= 4 is 5.96 Å². The van der Waals surface area contributed by atoms with E-state index in [9.17, 15) is 0 Å². The lowest BCUT2D eigenvalue weighted by atomic mass is 10.1. The van der Waals surface area contributed by atoms with Gasteiger partial charge in [0.1, 0.15) is 18.2 Å². The van der Waals surface area contributed by atoms with E-state index < -0.39 is 0 Å². The van der Waals surface area contributed by atoms with E-state index in [2.05, 4.69) is 37.8 Å². The Morgan fingerprint density at radius 3 is 2.90 bits per heavy atom. The van der Waals surface area contributed by atoms with Crippen LogP contribution in [-0.4, -0.2) is 61.3 Å². The molecule has 10 nitrogen and oxygen atoms in total. The fourth-order valence-corrected chi connectivity index (χ4v) is 3.24. The zero-order valence-electron chi connectivity index (χ0n) is 18.0. The van der Waals surface area contributed by atoms with Crippen LogP contribution in [0.5, 0.6) is 0 Å². The highest BCUT2D eigenvalue weighted by Crippen LogP contribution is 2.13. The molecule has 0 fully saturated rings. The predicted molar refractivity (Wildman–Crippen MR) is 111 cm³/mol. The smallest absolute Gasteiger partial charge is 0.191 e. The molecule has 1 unspecified atom stereocenters. The van der Waals surface area contributed by atoms with Gasteiger partial charge in [-0.15, -0.1) is 10.2 Å². The van der Waals surface area contributed by atoms with Crippen LogP contribution in [0.15, 0.2) is 4.99 Å². The third kappa shape index (κ3) is 5.75. The molecule has 2 N–H and O–H groups in total. The second kappa shape index (κ2) is 10.3. The Labute approximate surface area is 172 Å². The quantitative estimate of drug-likeness (QED) is 0.361. The van der Waals surface area contributed by atoms with Gasteiger partial charge in [0, 0.05) is 45.7 Å². The lowest BCUT2D eigenvalue weighted by Gasteiger charge is -2.25. The van der Waals surface area contributed by atoms with Crippen molar-refractivity contribution in [1.82, 2.24) is 40.2 Å². The van der Waals surface area contributed by atoms with Crippen molar-refractivity contribution in [3.63, 3.8) is 0 Å². The van der Waals surface area contributed by atoms with Crippen molar-refractivity contribution in [2.75, 3.05) is 19.8 Å². The zero-order valence-corrected chi connectivity index (χ0v) is 18.0. The number of rotatable bonds is 9. The molecule has 0 aromatic carbocycles. The Balaban J connectivity index is 1.62. The fourth-order valence-electron chi connectivity index (χ4n) is 3.24. The van der Waals surface area contributed by atoms with E-state index in [1.165, 1.54) is 0 Å². The van der Waals surface area contributed by atoms with E-state index >= 15 is 0 Å². The number of nitrogens with zero attached hydrogens (tertiary/aromatic N) is 7. The minimum Gasteiger partial charge on any atom is -0.382 e. The van der Waals surface area contributed by atoms with Crippen LogP contribution in [0, 0.1) is 6.92 Å². The second-order valence-corrected chi connectivity index (χ2v) is 7.22. The molecule has 0 bridgehead atoms. The summed E-state index contributed by atoms with van der Waals surface area (Å²) in [5, 5.41) is 19.9. The molecule has 1 aliphatic heterocycles. The highest BCUT2D eigenvalue weighted by Gasteiger charge is 2.22. The molecule has 0 saturated carbocycles.